The van der Waals surface area contributed by atoms with E-state index in [1.54, 1.807) is 0 Å². The molecule has 0 aromatic rings. The second-order valence-electron chi connectivity index (χ2n) is 11.6. The van der Waals surface area contributed by atoms with E-state index in [4.69, 9.17) is 42.6 Å². The van der Waals surface area contributed by atoms with Crippen LogP contribution in [0.4, 0.5) is 0 Å². The lowest BCUT2D eigenvalue weighted by atomic mass is 10.0. The zero-order chi connectivity index (χ0) is 33.4. The van der Waals surface area contributed by atoms with Crippen molar-refractivity contribution in [1.82, 2.24) is 0 Å². The third-order valence-corrected chi connectivity index (χ3v) is 8.48. The summed E-state index contributed by atoms with van der Waals surface area (Å²) >= 11 is 0. The molecule has 0 radical (unpaired) electrons. The third-order valence-electron chi connectivity index (χ3n) is 8.48. The molecule has 5 heterocycles. The van der Waals surface area contributed by atoms with Crippen LogP contribution in [-0.2, 0) is 42.6 Å². The maximum absolute atomic E-state index is 11.3. The lowest BCUT2D eigenvalue weighted by Crippen LogP contribution is -2.63. The second-order valence-corrected chi connectivity index (χ2v) is 11.6. The van der Waals surface area contributed by atoms with Crippen molar-refractivity contribution in [3.63, 3.8) is 0 Å². The van der Waals surface area contributed by atoms with E-state index in [1.165, 1.54) is 0 Å². The molecule has 46 heavy (non-hydrogen) atoms. The molecule has 0 saturated carbocycles. The van der Waals surface area contributed by atoms with E-state index in [2.05, 4.69) is 0 Å². The number of hydrogen-bond donors (Lipinski definition) is 12. The van der Waals surface area contributed by atoms with Gasteiger partial charge in [-0.15, -0.1) is 0 Å². The van der Waals surface area contributed by atoms with Crippen LogP contribution in [-0.4, -0.2) is 217 Å². The molecular weight excluding hydrogens is 636 g/mol. The van der Waals surface area contributed by atoms with Crippen LogP contribution in [0, 0.1) is 0 Å². The molecule has 0 spiro atoms. The summed E-state index contributed by atoms with van der Waals surface area (Å²) in [5.74, 6) is 0. The zero-order valence-corrected chi connectivity index (χ0v) is 24.1. The Labute approximate surface area is 260 Å². The highest BCUT2D eigenvalue weighted by Crippen LogP contribution is 2.33. The van der Waals surface area contributed by atoms with Gasteiger partial charge in [0.05, 0.1) is 33.0 Å². The molecule has 0 aromatic heterocycles. The highest BCUT2D eigenvalue weighted by Gasteiger charge is 2.53. The Morgan fingerprint density at radius 1 is 0.435 bits per heavy atom. The van der Waals surface area contributed by atoms with Crippen LogP contribution in [0.25, 0.3) is 0 Å². The van der Waals surface area contributed by atoms with Crippen LogP contribution >= 0.6 is 0 Å². The number of hydrogen-bond acceptors (Lipinski definition) is 21. The Hall–Kier alpha value is -0.840. The maximum Gasteiger partial charge on any atom is 0.187 e. The molecule has 21 heteroatoms. The molecule has 0 aromatic carbocycles. The van der Waals surface area contributed by atoms with Crippen LogP contribution in [0.15, 0.2) is 0 Å². The van der Waals surface area contributed by atoms with Crippen molar-refractivity contribution in [1.29, 1.82) is 0 Å². The summed E-state index contributed by atoms with van der Waals surface area (Å²) in [5.41, 5.74) is 0. The molecular formula is C25H42O21. The van der Waals surface area contributed by atoms with Gasteiger partial charge in [-0.1, -0.05) is 0 Å². The molecule has 5 aliphatic heterocycles. The predicted molar refractivity (Wildman–Crippen MR) is 136 cm³/mol. The van der Waals surface area contributed by atoms with Gasteiger partial charge in [0.1, 0.15) is 91.6 Å². The quantitative estimate of drug-likeness (QED) is 0.102. The Morgan fingerprint density at radius 2 is 0.913 bits per heavy atom. The molecule has 5 fully saturated rings. The first kappa shape index (κ1) is 36.4. The highest BCUT2D eigenvalue weighted by atomic mass is 16.8. The first-order chi connectivity index (χ1) is 21.9. The summed E-state index contributed by atoms with van der Waals surface area (Å²) < 4.78 is 49.4. The molecule has 20 unspecified atom stereocenters. The van der Waals surface area contributed by atoms with Gasteiger partial charge < -0.3 is 104 Å². The summed E-state index contributed by atoms with van der Waals surface area (Å²) in [5, 5.41) is 122. The Balaban J connectivity index is 1.29. The number of rotatable bonds is 10. The van der Waals surface area contributed by atoms with E-state index in [9.17, 15) is 61.3 Å². The first-order valence-electron chi connectivity index (χ1n) is 14.7. The van der Waals surface area contributed by atoms with Gasteiger partial charge in [-0.2, -0.15) is 0 Å². The van der Waals surface area contributed by atoms with E-state index < -0.39 is 156 Å². The fraction of sp³-hybridized carbons (Fsp3) is 1.00. The Morgan fingerprint density at radius 3 is 1.46 bits per heavy atom. The topological polar surface area (TPSA) is 326 Å². The standard InChI is InChI=1S/C25H42O21/c26-1-7-11(29)15(33)24(41-7)45-19-6(28)3-39-22(17(19)35)44-10-5-40-23(43-9-4-38-21(37)14(32)13(9)31)18(36)20(10)46-25-16(34)12(30)8(2-27)42-25/h6-37H,1-5H2. The lowest BCUT2D eigenvalue weighted by molar-refractivity contribution is -0.366. The van der Waals surface area contributed by atoms with Crippen molar-refractivity contribution >= 4 is 0 Å². The normalized spacial score (nSPS) is 53.5. The van der Waals surface area contributed by atoms with Gasteiger partial charge in [-0.25, -0.2) is 0 Å². The van der Waals surface area contributed by atoms with Crippen molar-refractivity contribution in [2.24, 2.45) is 0 Å². The summed E-state index contributed by atoms with van der Waals surface area (Å²) in [7, 11) is 0. The number of aliphatic hydroxyl groups excluding tert-OH is 12. The predicted octanol–water partition coefficient (Wildman–Crippen LogP) is -8.73. The Bertz CT molecular complexity index is 965. The van der Waals surface area contributed by atoms with E-state index in [1.807, 2.05) is 0 Å². The van der Waals surface area contributed by atoms with Gasteiger partial charge in [0, 0.05) is 0 Å². The fourth-order valence-electron chi connectivity index (χ4n) is 5.73. The van der Waals surface area contributed by atoms with E-state index >= 15 is 0 Å². The van der Waals surface area contributed by atoms with Crippen LogP contribution in [0.5, 0.6) is 0 Å². The molecule has 21 nitrogen and oxygen atoms in total. The van der Waals surface area contributed by atoms with Crippen molar-refractivity contribution in [2.75, 3.05) is 33.0 Å². The highest BCUT2D eigenvalue weighted by molar-refractivity contribution is 4.95. The third kappa shape index (κ3) is 7.35. The number of aliphatic hydroxyl groups is 12. The molecule has 5 aliphatic rings. The minimum absolute atomic E-state index is 0.409. The monoisotopic (exact) mass is 678 g/mol. The van der Waals surface area contributed by atoms with Gasteiger partial charge in [0.25, 0.3) is 0 Å². The average molecular weight is 679 g/mol. The molecule has 0 amide bonds. The van der Waals surface area contributed by atoms with Gasteiger partial charge in [-0.3, -0.25) is 0 Å². The van der Waals surface area contributed by atoms with Crippen molar-refractivity contribution in [3.05, 3.63) is 0 Å². The summed E-state index contributed by atoms with van der Waals surface area (Å²) in [6.45, 7) is -2.70. The van der Waals surface area contributed by atoms with Crippen LogP contribution in [0.1, 0.15) is 0 Å². The largest absolute Gasteiger partial charge is 0.394 e. The molecule has 5 rings (SSSR count). The summed E-state index contributed by atoms with van der Waals surface area (Å²) in [6, 6.07) is 0. The van der Waals surface area contributed by atoms with Crippen molar-refractivity contribution in [2.45, 2.75) is 123 Å². The summed E-state index contributed by atoms with van der Waals surface area (Å²) in [6.07, 6.45) is -31.2. The van der Waals surface area contributed by atoms with Gasteiger partial charge in [0.15, 0.2) is 31.5 Å². The molecule has 20 atom stereocenters. The van der Waals surface area contributed by atoms with Crippen molar-refractivity contribution < 1.29 is 104 Å². The number of ether oxygens (including phenoxy) is 9. The van der Waals surface area contributed by atoms with E-state index in [-0.39, 0.29) is 0 Å². The van der Waals surface area contributed by atoms with Gasteiger partial charge >= 0.3 is 0 Å². The average Bonchev–Trinajstić information content (AvgIpc) is 3.47. The van der Waals surface area contributed by atoms with Gasteiger partial charge in [-0.05, 0) is 0 Å². The van der Waals surface area contributed by atoms with Crippen LogP contribution in [0.2, 0.25) is 0 Å². The molecule has 268 valence electrons. The molecule has 12 N–H and O–H groups in total. The minimum Gasteiger partial charge on any atom is -0.394 e. The SMILES string of the molecule is OCC1OC(OC2C(O)COC(OC3COC(OC4COC(O)C(O)C4O)C(O)C3OC3OC(CO)C(O)C3O)C2O)C(O)C1O. The smallest absolute Gasteiger partial charge is 0.187 e. The molecule has 0 aliphatic carbocycles. The van der Waals surface area contributed by atoms with E-state index in [0.29, 0.717) is 0 Å². The van der Waals surface area contributed by atoms with E-state index in [0.717, 1.165) is 0 Å². The second kappa shape index (κ2) is 15.4. The minimum atomic E-state index is -1.83. The van der Waals surface area contributed by atoms with Crippen LogP contribution < -0.4 is 0 Å². The first-order valence-corrected chi connectivity index (χ1v) is 14.7. The maximum atomic E-state index is 11.3. The van der Waals surface area contributed by atoms with Crippen molar-refractivity contribution in [3.8, 4) is 0 Å². The fourth-order valence-corrected chi connectivity index (χ4v) is 5.73. The molecule has 0 bridgehead atoms. The molecule has 5 saturated heterocycles. The Kier molecular flexibility index (Phi) is 12.2. The zero-order valence-electron chi connectivity index (χ0n) is 24.1. The summed E-state index contributed by atoms with van der Waals surface area (Å²) in [4.78, 5) is 0. The van der Waals surface area contributed by atoms with Gasteiger partial charge in [0.2, 0.25) is 0 Å². The lowest BCUT2D eigenvalue weighted by Gasteiger charge is -2.45. The van der Waals surface area contributed by atoms with Crippen LogP contribution in [0.3, 0.4) is 0 Å².